The summed E-state index contributed by atoms with van der Waals surface area (Å²) in [4.78, 5) is 13.6. The van der Waals surface area contributed by atoms with Crippen molar-refractivity contribution in [3.8, 4) is 0 Å². The fourth-order valence-electron chi connectivity index (χ4n) is 2.29. The lowest BCUT2D eigenvalue weighted by atomic mass is 10.1. The Labute approximate surface area is 122 Å². The number of cyclic esters (lactones) is 1. The largest absolute Gasteiger partial charge is 0.439 e. The third-order valence-corrected chi connectivity index (χ3v) is 3.60. The number of benzene rings is 2. The van der Waals surface area contributed by atoms with E-state index in [0.29, 0.717) is 18.1 Å². The van der Waals surface area contributed by atoms with Gasteiger partial charge >= 0.3 is 6.09 Å². The smallest absolute Gasteiger partial charge is 0.410 e. The van der Waals surface area contributed by atoms with Gasteiger partial charge in [0.2, 0.25) is 0 Å². The Morgan fingerprint density at radius 1 is 1.10 bits per heavy atom. The van der Waals surface area contributed by atoms with Gasteiger partial charge < -0.3 is 4.74 Å². The first-order valence-corrected chi connectivity index (χ1v) is 6.85. The van der Waals surface area contributed by atoms with Crippen LogP contribution in [0.1, 0.15) is 17.2 Å². The lowest BCUT2D eigenvalue weighted by Gasteiger charge is -2.13. The highest BCUT2D eigenvalue weighted by Gasteiger charge is 2.31. The highest BCUT2D eigenvalue weighted by atomic mass is 35.5. The molecule has 4 heteroatoms. The van der Waals surface area contributed by atoms with E-state index in [4.69, 9.17) is 16.3 Å². The van der Waals surface area contributed by atoms with Crippen molar-refractivity contribution in [1.29, 1.82) is 0 Å². The Balaban J connectivity index is 1.70. The van der Waals surface area contributed by atoms with Gasteiger partial charge in [0, 0.05) is 11.6 Å². The maximum atomic E-state index is 11.9. The first-order chi connectivity index (χ1) is 9.72. The Morgan fingerprint density at radius 3 is 2.50 bits per heavy atom. The van der Waals surface area contributed by atoms with Crippen LogP contribution in [0.15, 0.2) is 54.6 Å². The van der Waals surface area contributed by atoms with Gasteiger partial charge in [-0.15, -0.1) is 0 Å². The second kappa shape index (κ2) is 5.55. The van der Waals surface area contributed by atoms with E-state index in [2.05, 4.69) is 0 Å². The molecule has 0 aromatic heterocycles. The van der Waals surface area contributed by atoms with Crippen LogP contribution in [0, 0.1) is 0 Å². The van der Waals surface area contributed by atoms with E-state index in [1.165, 1.54) is 0 Å². The molecule has 1 heterocycles. The van der Waals surface area contributed by atoms with E-state index in [0.717, 1.165) is 11.1 Å². The molecule has 0 spiro atoms. The van der Waals surface area contributed by atoms with Gasteiger partial charge in [-0.3, -0.25) is 4.90 Å². The number of amides is 1. The number of rotatable bonds is 3. The zero-order chi connectivity index (χ0) is 13.9. The molecule has 1 aliphatic heterocycles. The molecule has 0 radical (unpaired) electrons. The monoisotopic (exact) mass is 287 g/mol. The molecule has 102 valence electrons. The van der Waals surface area contributed by atoms with Crippen molar-refractivity contribution >= 4 is 17.7 Å². The lowest BCUT2D eigenvalue weighted by Crippen LogP contribution is -2.23. The zero-order valence-electron chi connectivity index (χ0n) is 10.8. The summed E-state index contributed by atoms with van der Waals surface area (Å²) in [5.41, 5.74) is 2.07. The highest BCUT2D eigenvalue weighted by molar-refractivity contribution is 6.30. The summed E-state index contributed by atoms with van der Waals surface area (Å²) in [7, 11) is 0. The summed E-state index contributed by atoms with van der Waals surface area (Å²) in [6.07, 6.45) is -0.454. The van der Waals surface area contributed by atoms with Crippen molar-refractivity contribution in [3.05, 3.63) is 70.7 Å². The Morgan fingerprint density at radius 2 is 1.80 bits per heavy atom. The SMILES string of the molecule is O=C1OC(c2ccccc2)CN1Cc1ccc(Cl)cc1. The lowest BCUT2D eigenvalue weighted by molar-refractivity contribution is 0.132. The van der Waals surface area contributed by atoms with Gasteiger partial charge in [-0.25, -0.2) is 4.79 Å². The maximum Gasteiger partial charge on any atom is 0.410 e. The first kappa shape index (κ1) is 13.0. The molecule has 0 saturated carbocycles. The van der Waals surface area contributed by atoms with Gasteiger partial charge in [-0.05, 0) is 23.3 Å². The van der Waals surface area contributed by atoms with E-state index in [1.54, 1.807) is 4.90 Å². The van der Waals surface area contributed by atoms with Crippen LogP contribution < -0.4 is 0 Å². The van der Waals surface area contributed by atoms with E-state index >= 15 is 0 Å². The summed E-state index contributed by atoms with van der Waals surface area (Å²) >= 11 is 5.85. The second-order valence-corrected chi connectivity index (χ2v) is 5.23. The number of carbonyl (C=O) groups is 1. The Bertz CT molecular complexity index is 598. The van der Waals surface area contributed by atoms with E-state index in [-0.39, 0.29) is 12.2 Å². The van der Waals surface area contributed by atoms with Crippen molar-refractivity contribution in [2.75, 3.05) is 6.54 Å². The number of carbonyl (C=O) groups excluding carboxylic acids is 1. The molecule has 1 amide bonds. The van der Waals surface area contributed by atoms with Gasteiger partial charge in [0.15, 0.2) is 0 Å². The minimum Gasteiger partial charge on any atom is -0.439 e. The molecule has 1 unspecified atom stereocenters. The van der Waals surface area contributed by atoms with Crippen LogP contribution in [-0.4, -0.2) is 17.5 Å². The van der Waals surface area contributed by atoms with Gasteiger partial charge in [-0.1, -0.05) is 54.1 Å². The molecule has 3 rings (SSSR count). The van der Waals surface area contributed by atoms with Gasteiger partial charge in [0.1, 0.15) is 6.10 Å². The summed E-state index contributed by atoms with van der Waals surface area (Å²) < 4.78 is 5.42. The molecule has 0 N–H and O–H groups in total. The van der Waals surface area contributed by atoms with Gasteiger partial charge in [-0.2, -0.15) is 0 Å². The Hall–Kier alpha value is -2.00. The van der Waals surface area contributed by atoms with Gasteiger partial charge in [0.05, 0.1) is 6.54 Å². The summed E-state index contributed by atoms with van der Waals surface area (Å²) in [5, 5.41) is 0.694. The predicted octanol–water partition coefficient (Wildman–Crippen LogP) is 4.03. The average Bonchev–Trinajstić information content (AvgIpc) is 2.84. The number of ether oxygens (including phenoxy) is 1. The van der Waals surface area contributed by atoms with Crippen LogP contribution in [0.25, 0.3) is 0 Å². The standard InChI is InChI=1S/C16H14ClNO2/c17-14-8-6-12(7-9-14)10-18-11-15(20-16(18)19)13-4-2-1-3-5-13/h1-9,15H,10-11H2. The van der Waals surface area contributed by atoms with Crippen molar-refractivity contribution in [2.45, 2.75) is 12.6 Å². The van der Waals surface area contributed by atoms with Crippen LogP contribution in [0.2, 0.25) is 5.02 Å². The van der Waals surface area contributed by atoms with Crippen LogP contribution in [0.5, 0.6) is 0 Å². The minimum atomic E-state index is -0.270. The molecule has 2 aromatic rings. The maximum absolute atomic E-state index is 11.9. The summed E-state index contributed by atoms with van der Waals surface area (Å²) in [6, 6.07) is 17.3. The zero-order valence-corrected chi connectivity index (χ0v) is 11.6. The molecule has 2 aromatic carbocycles. The third-order valence-electron chi connectivity index (χ3n) is 3.35. The van der Waals surface area contributed by atoms with Crippen LogP contribution in [0.3, 0.4) is 0 Å². The molecule has 1 aliphatic rings. The number of halogens is 1. The predicted molar refractivity (Wildman–Crippen MR) is 77.5 cm³/mol. The molecular weight excluding hydrogens is 274 g/mol. The summed E-state index contributed by atoms with van der Waals surface area (Å²) in [5.74, 6) is 0. The topological polar surface area (TPSA) is 29.5 Å². The first-order valence-electron chi connectivity index (χ1n) is 6.47. The second-order valence-electron chi connectivity index (χ2n) is 4.79. The average molecular weight is 288 g/mol. The van der Waals surface area contributed by atoms with Crippen LogP contribution in [-0.2, 0) is 11.3 Å². The van der Waals surface area contributed by atoms with Crippen molar-refractivity contribution in [2.24, 2.45) is 0 Å². The minimum absolute atomic E-state index is 0.184. The third kappa shape index (κ3) is 2.78. The molecular formula is C16H14ClNO2. The fraction of sp³-hybridized carbons (Fsp3) is 0.188. The molecule has 1 saturated heterocycles. The normalized spacial score (nSPS) is 18.1. The summed E-state index contributed by atoms with van der Waals surface area (Å²) in [6.45, 7) is 1.12. The molecule has 20 heavy (non-hydrogen) atoms. The number of hydrogen-bond donors (Lipinski definition) is 0. The van der Waals surface area contributed by atoms with E-state index in [9.17, 15) is 4.79 Å². The Kier molecular flexibility index (Phi) is 3.61. The van der Waals surface area contributed by atoms with Crippen LogP contribution >= 0.6 is 11.6 Å². The fourth-order valence-corrected chi connectivity index (χ4v) is 2.41. The quantitative estimate of drug-likeness (QED) is 0.853. The van der Waals surface area contributed by atoms with E-state index in [1.807, 2.05) is 54.6 Å². The number of hydrogen-bond acceptors (Lipinski definition) is 2. The van der Waals surface area contributed by atoms with Gasteiger partial charge in [0.25, 0.3) is 0 Å². The van der Waals surface area contributed by atoms with E-state index < -0.39 is 0 Å². The van der Waals surface area contributed by atoms with Crippen molar-refractivity contribution < 1.29 is 9.53 Å². The molecule has 0 aliphatic carbocycles. The number of nitrogens with zero attached hydrogens (tertiary/aromatic N) is 1. The highest BCUT2D eigenvalue weighted by Crippen LogP contribution is 2.27. The molecule has 1 fully saturated rings. The van der Waals surface area contributed by atoms with Crippen molar-refractivity contribution in [3.63, 3.8) is 0 Å². The van der Waals surface area contributed by atoms with Crippen LogP contribution in [0.4, 0.5) is 4.79 Å². The molecule has 1 atom stereocenters. The van der Waals surface area contributed by atoms with Crippen molar-refractivity contribution in [1.82, 2.24) is 4.90 Å². The molecule has 0 bridgehead atoms. The molecule has 3 nitrogen and oxygen atoms in total.